The molecular weight excluding hydrogens is 278 g/mol. The molecular formula is C10H14BrNO4. The van der Waals surface area contributed by atoms with Gasteiger partial charge in [-0.15, -0.1) is 0 Å². The number of rotatable bonds is 5. The second-order valence-electron chi connectivity index (χ2n) is 3.51. The first-order valence-corrected chi connectivity index (χ1v) is 5.65. The number of aliphatic hydroxyl groups excluding tert-OH is 2. The van der Waals surface area contributed by atoms with Crippen molar-refractivity contribution in [2.75, 3.05) is 13.2 Å². The van der Waals surface area contributed by atoms with Crippen molar-refractivity contribution in [2.45, 2.75) is 18.9 Å². The zero-order valence-corrected chi connectivity index (χ0v) is 10.5. The number of amides is 1. The number of halogens is 1. The molecule has 1 aromatic rings. The van der Waals surface area contributed by atoms with Crippen molar-refractivity contribution >= 4 is 21.8 Å². The van der Waals surface area contributed by atoms with Crippen molar-refractivity contribution in [3.8, 4) is 0 Å². The van der Waals surface area contributed by atoms with Gasteiger partial charge in [-0.1, -0.05) is 6.92 Å². The average Bonchev–Trinajstić information content (AvgIpc) is 2.72. The van der Waals surface area contributed by atoms with Crippen LogP contribution in [0, 0.1) is 0 Å². The Kier molecular flexibility index (Phi) is 4.52. The second kappa shape index (κ2) is 5.47. The Labute approximate surface area is 102 Å². The number of nitrogens with one attached hydrogen (secondary N) is 1. The molecule has 0 bridgehead atoms. The fourth-order valence-corrected chi connectivity index (χ4v) is 1.63. The van der Waals surface area contributed by atoms with Crippen LogP contribution in [-0.2, 0) is 0 Å². The molecule has 1 aromatic heterocycles. The number of carbonyl (C=O) groups is 1. The highest BCUT2D eigenvalue weighted by atomic mass is 79.9. The first-order chi connectivity index (χ1) is 7.58. The summed E-state index contributed by atoms with van der Waals surface area (Å²) in [6.07, 6.45) is 1.81. The molecule has 0 saturated carbocycles. The maximum Gasteiger partial charge on any atom is 0.256 e. The summed E-state index contributed by atoms with van der Waals surface area (Å²) >= 11 is 3.09. The van der Waals surface area contributed by atoms with Gasteiger partial charge in [0.1, 0.15) is 0 Å². The van der Waals surface area contributed by atoms with E-state index >= 15 is 0 Å². The summed E-state index contributed by atoms with van der Waals surface area (Å²) in [4.78, 5) is 11.8. The number of aliphatic hydroxyl groups is 2. The van der Waals surface area contributed by atoms with E-state index < -0.39 is 11.4 Å². The monoisotopic (exact) mass is 291 g/mol. The molecule has 0 radical (unpaired) electrons. The highest BCUT2D eigenvalue weighted by Gasteiger charge is 2.29. The topological polar surface area (TPSA) is 82.7 Å². The third kappa shape index (κ3) is 2.63. The van der Waals surface area contributed by atoms with Gasteiger partial charge in [-0.05, 0) is 28.4 Å². The van der Waals surface area contributed by atoms with Gasteiger partial charge in [0.25, 0.3) is 5.91 Å². The Morgan fingerprint density at radius 1 is 1.56 bits per heavy atom. The zero-order valence-electron chi connectivity index (χ0n) is 8.86. The molecule has 3 N–H and O–H groups in total. The second-order valence-corrected chi connectivity index (χ2v) is 4.23. The zero-order chi connectivity index (χ0) is 12.2. The molecule has 16 heavy (non-hydrogen) atoms. The summed E-state index contributed by atoms with van der Waals surface area (Å²) in [6, 6.07) is 1.51. The van der Waals surface area contributed by atoms with Crippen molar-refractivity contribution in [3.05, 3.63) is 22.6 Å². The van der Waals surface area contributed by atoms with E-state index in [9.17, 15) is 15.0 Å². The summed E-state index contributed by atoms with van der Waals surface area (Å²) in [5.41, 5.74) is -0.659. The molecule has 5 nitrogen and oxygen atoms in total. The molecule has 0 atom stereocenters. The van der Waals surface area contributed by atoms with Crippen LogP contribution >= 0.6 is 15.9 Å². The molecule has 0 unspecified atom stereocenters. The van der Waals surface area contributed by atoms with Gasteiger partial charge in [0.05, 0.1) is 30.6 Å². The number of furan rings is 1. The smallest absolute Gasteiger partial charge is 0.256 e. The van der Waals surface area contributed by atoms with Crippen LogP contribution in [0.4, 0.5) is 0 Å². The molecule has 1 rings (SSSR count). The fourth-order valence-electron chi connectivity index (χ4n) is 1.20. The van der Waals surface area contributed by atoms with Crippen molar-refractivity contribution in [3.63, 3.8) is 0 Å². The molecule has 1 amide bonds. The lowest BCUT2D eigenvalue weighted by molar-refractivity contribution is 0.0651. The largest absolute Gasteiger partial charge is 0.457 e. The minimum Gasteiger partial charge on any atom is -0.457 e. The summed E-state index contributed by atoms with van der Waals surface area (Å²) in [5, 5.41) is 21.0. The van der Waals surface area contributed by atoms with E-state index in [-0.39, 0.29) is 13.2 Å². The van der Waals surface area contributed by atoms with Gasteiger partial charge in [0, 0.05) is 0 Å². The van der Waals surface area contributed by atoms with E-state index in [1.165, 1.54) is 12.3 Å². The lowest BCUT2D eigenvalue weighted by atomic mass is 9.98. The normalized spacial score (nSPS) is 11.5. The molecule has 0 aliphatic heterocycles. The Bertz CT molecular complexity index is 351. The van der Waals surface area contributed by atoms with Gasteiger partial charge in [-0.3, -0.25) is 4.79 Å². The summed E-state index contributed by atoms with van der Waals surface area (Å²) in [5.74, 6) is -0.398. The van der Waals surface area contributed by atoms with Crippen molar-refractivity contribution in [2.24, 2.45) is 0 Å². The summed E-state index contributed by atoms with van der Waals surface area (Å²) in [6.45, 7) is 1.14. The molecule has 90 valence electrons. The van der Waals surface area contributed by atoms with Crippen LogP contribution in [0.5, 0.6) is 0 Å². The van der Waals surface area contributed by atoms with Gasteiger partial charge < -0.3 is 19.9 Å². The van der Waals surface area contributed by atoms with E-state index in [4.69, 9.17) is 4.42 Å². The fraction of sp³-hybridized carbons (Fsp3) is 0.500. The van der Waals surface area contributed by atoms with Crippen molar-refractivity contribution in [1.29, 1.82) is 0 Å². The lowest BCUT2D eigenvalue weighted by Crippen LogP contribution is -2.53. The molecule has 0 fully saturated rings. The molecule has 0 saturated heterocycles. The van der Waals surface area contributed by atoms with Crippen LogP contribution in [-0.4, -0.2) is 34.9 Å². The number of hydrogen-bond acceptors (Lipinski definition) is 4. The van der Waals surface area contributed by atoms with Crippen molar-refractivity contribution in [1.82, 2.24) is 5.32 Å². The highest BCUT2D eigenvalue weighted by Crippen LogP contribution is 2.19. The predicted molar refractivity (Wildman–Crippen MR) is 61.1 cm³/mol. The van der Waals surface area contributed by atoms with E-state index in [1.54, 1.807) is 6.92 Å². The van der Waals surface area contributed by atoms with Crippen LogP contribution < -0.4 is 5.32 Å². The van der Waals surface area contributed by atoms with Gasteiger partial charge in [-0.25, -0.2) is 0 Å². The lowest BCUT2D eigenvalue weighted by Gasteiger charge is -2.29. The summed E-state index contributed by atoms with van der Waals surface area (Å²) in [7, 11) is 0. The predicted octanol–water partition coefficient (Wildman–Crippen LogP) is 0.905. The Hall–Kier alpha value is -0.850. The van der Waals surface area contributed by atoms with Gasteiger partial charge in [0.2, 0.25) is 0 Å². The number of hydrogen-bond donors (Lipinski definition) is 3. The van der Waals surface area contributed by atoms with Crippen molar-refractivity contribution < 1.29 is 19.4 Å². The van der Waals surface area contributed by atoms with E-state index in [2.05, 4.69) is 21.2 Å². The first-order valence-electron chi connectivity index (χ1n) is 4.86. The molecule has 0 aromatic carbocycles. The highest BCUT2D eigenvalue weighted by molar-refractivity contribution is 9.10. The molecule has 1 heterocycles. The Morgan fingerprint density at radius 3 is 2.56 bits per heavy atom. The number of carbonyl (C=O) groups excluding carboxylic acids is 1. The first kappa shape index (κ1) is 13.2. The maximum absolute atomic E-state index is 11.8. The van der Waals surface area contributed by atoms with Crippen LogP contribution in [0.15, 0.2) is 21.4 Å². The van der Waals surface area contributed by atoms with Gasteiger partial charge >= 0.3 is 0 Å². The average molecular weight is 292 g/mol. The SMILES string of the molecule is CCC(CO)(CO)NC(=O)c1ccoc1Br. The summed E-state index contributed by atoms with van der Waals surface area (Å²) < 4.78 is 5.26. The third-order valence-electron chi connectivity index (χ3n) is 2.52. The van der Waals surface area contributed by atoms with Gasteiger partial charge in [-0.2, -0.15) is 0 Å². The minimum absolute atomic E-state index is 0.318. The van der Waals surface area contributed by atoms with E-state index in [0.29, 0.717) is 16.7 Å². The molecule has 0 aliphatic carbocycles. The maximum atomic E-state index is 11.8. The van der Waals surface area contributed by atoms with Crippen LogP contribution in [0.3, 0.4) is 0 Å². The Morgan fingerprint density at radius 2 is 2.19 bits per heavy atom. The van der Waals surface area contributed by atoms with Gasteiger partial charge in [0.15, 0.2) is 4.67 Å². The Balaban J connectivity index is 2.81. The van der Waals surface area contributed by atoms with Crippen LogP contribution in [0.25, 0.3) is 0 Å². The van der Waals surface area contributed by atoms with E-state index in [1.807, 2.05) is 0 Å². The molecule has 0 aliphatic rings. The van der Waals surface area contributed by atoms with E-state index in [0.717, 1.165) is 0 Å². The molecule has 0 spiro atoms. The minimum atomic E-state index is -0.992. The third-order valence-corrected chi connectivity index (χ3v) is 3.14. The van der Waals surface area contributed by atoms with Crippen LogP contribution in [0.2, 0.25) is 0 Å². The van der Waals surface area contributed by atoms with Crippen LogP contribution in [0.1, 0.15) is 23.7 Å². The molecule has 6 heteroatoms. The quantitative estimate of drug-likeness (QED) is 0.753. The standard InChI is InChI=1S/C10H14BrNO4/c1-2-10(5-13,6-14)12-9(15)7-3-4-16-8(7)11/h3-4,13-14H,2,5-6H2,1H3,(H,12,15).